The number of pyridine rings is 1. The Labute approximate surface area is 188 Å². The van der Waals surface area contributed by atoms with Crippen LogP contribution in [0.25, 0.3) is 0 Å². The number of amides is 2. The van der Waals surface area contributed by atoms with Crippen molar-refractivity contribution in [2.45, 2.75) is 12.8 Å². The minimum atomic E-state index is -0.0133. The van der Waals surface area contributed by atoms with Gasteiger partial charge in [0.15, 0.2) is 0 Å². The summed E-state index contributed by atoms with van der Waals surface area (Å²) < 4.78 is 0. The van der Waals surface area contributed by atoms with Crippen LogP contribution in [0.4, 0.5) is 11.5 Å². The molecule has 0 radical (unpaired) electrons. The van der Waals surface area contributed by atoms with E-state index >= 15 is 0 Å². The number of carbonyl (C=O) groups excluding carboxylic acids is 2. The quantitative estimate of drug-likeness (QED) is 0.643. The monoisotopic (exact) mass is 426 g/mol. The number of rotatable bonds is 4. The van der Waals surface area contributed by atoms with E-state index in [9.17, 15) is 9.59 Å². The first-order valence-corrected chi connectivity index (χ1v) is 11.1. The molecule has 0 N–H and O–H groups in total. The van der Waals surface area contributed by atoms with Crippen molar-refractivity contribution in [2.75, 3.05) is 42.5 Å². The summed E-state index contributed by atoms with van der Waals surface area (Å²) in [5.74, 6) is 0.833. The summed E-state index contributed by atoms with van der Waals surface area (Å²) in [6.07, 6.45) is 3.03. The average molecular weight is 427 g/mol. The lowest BCUT2D eigenvalue weighted by molar-refractivity contribution is -0.130. The first kappa shape index (κ1) is 20.2. The van der Waals surface area contributed by atoms with Crippen molar-refractivity contribution >= 4 is 23.3 Å². The van der Waals surface area contributed by atoms with Gasteiger partial charge < -0.3 is 14.7 Å². The van der Waals surface area contributed by atoms with E-state index in [4.69, 9.17) is 0 Å². The second-order valence-corrected chi connectivity index (χ2v) is 8.24. The molecule has 0 spiro atoms. The van der Waals surface area contributed by atoms with Crippen LogP contribution in [0.3, 0.4) is 0 Å². The molecule has 1 aromatic heterocycles. The van der Waals surface area contributed by atoms with Gasteiger partial charge in [-0.05, 0) is 35.7 Å². The zero-order chi connectivity index (χ0) is 21.9. The van der Waals surface area contributed by atoms with E-state index in [2.05, 4.69) is 16.0 Å². The SMILES string of the molecule is O=C(Cc1ccccc1)N1CCN(c2ncccc2C(=O)N2CCc3ccccc32)CC1. The van der Waals surface area contributed by atoms with Crippen LogP contribution in [0.15, 0.2) is 72.9 Å². The average Bonchev–Trinajstić information content (AvgIpc) is 3.28. The molecule has 0 bridgehead atoms. The van der Waals surface area contributed by atoms with Gasteiger partial charge in [0, 0.05) is 44.6 Å². The van der Waals surface area contributed by atoms with Gasteiger partial charge in [-0.15, -0.1) is 0 Å². The zero-order valence-corrected chi connectivity index (χ0v) is 18.0. The van der Waals surface area contributed by atoms with Crippen molar-refractivity contribution in [2.24, 2.45) is 0 Å². The van der Waals surface area contributed by atoms with Crippen LogP contribution in [0, 0.1) is 0 Å². The lowest BCUT2D eigenvalue weighted by atomic mass is 10.1. The van der Waals surface area contributed by atoms with Gasteiger partial charge in [0.05, 0.1) is 12.0 Å². The number of aromatic nitrogens is 1. The number of benzene rings is 2. The summed E-state index contributed by atoms with van der Waals surface area (Å²) >= 11 is 0. The molecule has 0 aliphatic carbocycles. The lowest BCUT2D eigenvalue weighted by Crippen LogP contribution is -2.50. The highest BCUT2D eigenvalue weighted by Gasteiger charge is 2.30. The summed E-state index contributed by atoms with van der Waals surface area (Å²) in [5.41, 5.74) is 3.84. The standard InChI is InChI=1S/C26H26N4O2/c31-24(19-20-7-2-1-3-8-20)28-15-17-29(18-16-28)25-22(10-6-13-27-25)26(32)30-14-12-21-9-4-5-11-23(21)30/h1-11,13H,12,14-19H2. The highest BCUT2D eigenvalue weighted by atomic mass is 16.2. The molecule has 0 atom stereocenters. The van der Waals surface area contributed by atoms with Gasteiger partial charge >= 0.3 is 0 Å². The highest BCUT2D eigenvalue weighted by molar-refractivity contribution is 6.10. The van der Waals surface area contributed by atoms with Crippen molar-refractivity contribution < 1.29 is 9.59 Å². The second-order valence-electron chi connectivity index (χ2n) is 8.24. The van der Waals surface area contributed by atoms with E-state index in [0.717, 1.165) is 17.7 Å². The van der Waals surface area contributed by atoms with Gasteiger partial charge in [-0.2, -0.15) is 0 Å². The van der Waals surface area contributed by atoms with Crippen molar-refractivity contribution in [3.63, 3.8) is 0 Å². The lowest BCUT2D eigenvalue weighted by Gasteiger charge is -2.36. The summed E-state index contributed by atoms with van der Waals surface area (Å²) in [4.78, 5) is 36.6. The molecule has 0 saturated carbocycles. The van der Waals surface area contributed by atoms with Crippen LogP contribution in [0.5, 0.6) is 0 Å². The number of fused-ring (bicyclic) bond motifs is 1. The van der Waals surface area contributed by atoms with E-state index in [-0.39, 0.29) is 11.8 Å². The maximum Gasteiger partial charge on any atom is 0.262 e. The van der Waals surface area contributed by atoms with Crippen LogP contribution in [-0.4, -0.2) is 54.4 Å². The van der Waals surface area contributed by atoms with Gasteiger partial charge in [-0.3, -0.25) is 9.59 Å². The summed E-state index contributed by atoms with van der Waals surface area (Å²) in [5, 5.41) is 0. The molecule has 3 aromatic rings. The zero-order valence-electron chi connectivity index (χ0n) is 18.0. The molecule has 32 heavy (non-hydrogen) atoms. The van der Waals surface area contributed by atoms with Crippen molar-refractivity contribution in [3.8, 4) is 0 Å². The smallest absolute Gasteiger partial charge is 0.262 e. The van der Waals surface area contributed by atoms with E-state index in [1.165, 1.54) is 5.56 Å². The Kier molecular flexibility index (Phi) is 5.58. The van der Waals surface area contributed by atoms with Crippen LogP contribution in [0.1, 0.15) is 21.5 Å². The largest absolute Gasteiger partial charge is 0.352 e. The van der Waals surface area contributed by atoms with Crippen molar-refractivity contribution in [1.82, 2.24) is 9.88 Å². The topological polar surface area (TPSA) is 56.8 Å². The fourth-order valence-electron chi connectivity index (χ4n) is 4.56. The molecule has 6 heteroatoms. The maximum absolute atomic E-state index is 13.4. The first-order valence-electron chi connectivity index (χ1n) is 11.1. The molecular weight excluding hydrogens is 400 g/mol. The van der Waals surface area contributed by atoms with Gasteiger partial charge in [0.2, 0.25) is 5.91 Å². The Bertz CT molecular complexity index is 1120. The summed E-state index contributed by atoms with van der Waals surface area (Å²) in [6, 6.07) is 21.6. The fourth-order valence-corrected chi connectivity index (χ4v) is 4.56. The third-order valence-corrected chi connectivity index (χ3v) is 6.28. The Morgan fingerprint density at radius 3 is 2.38 bits per heavy atom. The third kappa shape index (κ3) is 3.96. The van der Waals surface area contributed by atoms with Gasteiger partial charge in [0.1, 0.15) is 5.82 Å². The number of anilines is 2. The predicted molar refractivity (Wildman–Crippen MR) is 125 cm³/mol. The minimum Gasteiger partial charge on any atom is -0.352 e. The minimum absolute atomic E-state index is 0.0133. The molecule has 1 fully saturated rings. The van der Waals surface area contributed by atoms with Crippen LogP contribution in [-0.2, 0) is 17.6 Å². The summed E-state index contributed by atoms with van der Waals surface area (Å²) in [6.45, 7) is 3.27. The summed E-state index contributed by atoms with van der Waals surface area (Å²) in [7, 11) is 0. The fraction of sp³-hybridized carbons (Fsp3) is 0.269. The Morgan fingerprint density at radius 2 is 1.56 bits per heavy atom. The molecular formula is C26H26N4O2. The Hall–Kier alpha value is -3.67. The molecule has 1 saturated heterocycles. The molecule has 2 aliphatic rings. The van der Waals surface area contributed by atoms with Gasteiger partial charge in [0.25, 0.3) is 5.91 Å². The number of para-hydroxylation sites is 1. The van der Waals surface area contributed by atoms with Crippen LogP contribution < -0.4 is 9.80 Å². The molecule has 3 heterocycles. The third-order valence-electron chi connectivity index (χ3n) is 6.28. The number of hydrogen-bond acceptors (Lipinski definition) is 4. The second kappa shape index (κ2) is 8.83. The number of piperazine rings is 1. The first-order chi connectivity index (χ1) is 15.7. The number of carbonyl (C=O) groups is 2. The van der Waals surface area contributed by atoms with Crippen molar-refractivity contribution in [3.05, 3.63) is 89.6 Å². The number of hydrogen-bond donors (Lipinski definition) is 0. The molecule has 2 aromatic carbocycles. The molecule has 2 aliphatic heterocycles. The molecule has 6 nitrogen and oxygen atoms in total. The molecule has 2 amide bonds. The van der Waals surface area contributed by atoms with Gasteiger partial charge in [-0.25, -0.2) is 4.98 Å². The van der Waals surface area contributed by atoms with Crippen molar-refractivity contribution in [1.29, 1.82) is 0 Å². The van der Waals surface area contributed by atoms with E-state index in [1.54, 1.807) is 6.20 Å². The van der Waals surface area contributed by atoms with Crippen LogP contribution in [0.2, 0.25) is 0 Å². The molecule has 5 rings (SSSR count). The maximum atomic E-state index is 13.4. The Morgan fingerprint density at radius 1 is 0.812 bits per heavy atom. The highest BCUT2D eigenvalue weighted by Crippen LogP contribution is 2.30. The Balaban J connectivity index is 1.28. The van der Waals surface area contributed by atoms with E-state index in [1.807, 2.05) is 70.5 Å². The normalized spacial score (nSPS) is 15.6. The molecule has 162 valence electrons. The van der Waals surface area contributed by atoms with Gasteiger partial charge in [-0.1, -0.05) is 48.5 Å². The van der Waals surface area contributed by atoms with E-state index in [0.29, 0.717) is 50.5 Å². The predicted octanol–water partition coefficient (Wildman–Crippen LogP) is 3.18. The number of nitrogens with zero attached hydrogens (tertiary/aromatic N) is 4. The van der Waals surface area contributed by atoms with E-state index < -0.39 is 0 Å². The molecule has 0 unspecified atom stereocenters. The van der Waals surface area contributed by atoms with Crippen LogP contribution >= 0.6 is 0 Å².